The zero-order valence-corrected chi connectivity index (χ0v) is 11.6. The molecule has 0 spiro atoms. The molecule has 0 unspecified atom stereocenters. The maximum atomic E-state index is 11.7. The van der Waals surface area contributed by atoms with Crippen molar-refractivity contribution in [2.24, 2.45) is 0 Å². The first-order valence-corrected chi connectivity index (χ1v) is 6.74. The number of benzene rings is 1. The van der Waals surface area contributed by atoms with Gasteiger partial charge in [-0.3, -0.25) is 0 Å². The van der Waals surface area contributed by atoms with E-state index in [1.807, 2.05) is 12.3 Å². The van der Waals surface area contributed by atoms with Crippen LogP contribution < -0.4 is 11.1 Å². The Bertz CT molecular complexity index is 595. The summed E-state index contributed by atoms with van der Waals surface area (Å²) < 4.78 is 4.96. The van der Waals surface area contributed by atoms with E-state index >= 15 is 0 Å². The number of rotatable bonds is 4. The molecule has 0 aliphatic carbocycles. The number of aryl methyl sites for hydroxylation is 1. The lowest BCUT2D eigenvalue weighted by atomic mass is 10.1. The van der Waals surface area contributed by atoms with Gasteiger partial charge in [0.25, 0.3) is 0 Å². The fraction of sp³-hybridized carbons (Fsp3) is 0.231. The van der Waals surface area contributed by atoms with Crippen LogP contribution in [-0.2, 0) is 4.74 Å². The number of hydrogen-bond donors (Lipinski definition) is 2. The molecule has 100 valence electrons. The highest BCUT2D eigenvalue weighted by Gasteiger charge is 2.12. The topological polar surface area (TPSA) is 77.2 Å². The van der Waals surface area contributed by atoms with E-state index in [0.29, 0.717) is 17.9 Å². The zero-order chi connectivity index (χ0) is 13.8. The molecule has 3 N–H and O–H groups in total. The molecule has 2 rings (SSSR count). The molecule has 0 amide bonds. The minimum atomic E-state index is -0.418. The second-order valence-electron chi connectivity index (χ2n) is 3.94. The SMILES string of the molecule is CCOC(=O)c1cc(Nc2nc(C)cs2)ccc1N. The van der Waals surface area contributed by atoms with E-state index in [9.17, 15) is 4.79 Å². The first-order valence-electron chi connectivity index (χ1n) is 5.86. The molecule has 1 aromatic carbocycles. The van der Waals surface area contributed by atoms with Gasteiger partial charge in [0.05, 0.1) is 17.9 Å². The van der Waals surface area contributed by atoms with Crippen molar-refractivity contribution in [2.75, 3.05) is 17.7 Å². The van der Waals surface area contributed by atoms with E-state index in [4.69, 9.17) is 10.5 Å². The molecule has 0 saturated carbocycles. The van der Waals surface area contributed by atoms with Gasteiger partial charge >= 0.3 is 5.97 Å². The molecule has 2 aromatic rings. The molecule has 0 aliphatic rings. The molecule has 5 nitrogen and oxygen atoms in total. The summed E-state index contributed by atoms with van der Waals surface area (Å²) in [5.41, 5.74) is 8.25. The fourth-order valence-electron chi connectivity index (χ4n) is 1.55. The number of hydrogen-bond acceptors (Lipinski definition) is 6. The van der Waals surface area contributed by atoms with Gasteiger partial charge in [0, 0.05) is 16.8 Å². The van der Waals surface area contributed by atoms with Crippen molar-refractivity contribution in [1.82, 2.24) is 4.98 Å². The van der Waals surface area contributed by atoms with E-state index in [1.165, 1.54) is 11.3 Å². The second kappa shape index (κ2) is 5.71. The van der Waals surface area contributed by atoms with Crippen LogP contribution in [0.25, 0.3) is 0 Å². The van der Waals surface area contributed by atoms with Gasteiger partial charge in [-0.15, -0.1) is 11.3 Å². The zero-order valence-electron chi connectivity index (χ0n) is 10.8. The third-order valence-corrected chi connectivity index (χ3v) is 3.29. The predicted molar refractivity (Wildman–Crippen MR) is 76.9 cm³/mol. The molecule has 0 bridgehead atoms. The lowest BCUT2D eigenvalue weighted by Crippen LogP contribution is -2.08. The largest absolute Gasteiger partial charge is 0.462 e. The van der Waals surface area contributed by atoms with Gasteiger partial charge in [-0.1, -0.05) is 0 Å². The number of ether oxygens (including phenoxy) is 1. The molecule has 1 aromatic heterocycles. The van der Waals surface area contributed by atoms with E-state index in [-0.39, 0.29) is 0 Å². The number of aromatic nitrogens is 1. The Kier molecular flexibility index (Phi) is 4.01. The minimum Gasteiger partial charge on any atom is -0.462 e. The van der Waals surface area contributed by atoms with Gasteiger partial charge in [0.15, 0.2) is 5.13 Å². The molecule has 19 heavy (non-hydrogen) atoms. The summed E-state index contributed by atoms with van der Waals surface area (Å²) >= 11 is 1.50. The van der Waals surface area contributed by atoms with Crippen molar-refractivity contribution in [3.05, 3.63) is 34.8 Å². The Morgan fingerprint density at radius 1 is 1.53 bits per heavy atom. The fourth-order valence-corrected chi connectivity index (χ4v) is 2.26. The third kappa shape index (κ3) is 3.23. The number of anilines is 3. The third-order valence-electron chi connectivity index (χ3n) is 2.42. The molecule has 0 fully saturated rings. The molecule has 0 aliphatic heterocycles. The monoisotopic (exact) mass is 277 g/mol. The van der Waals surface area contributed by atoms with Crippen molar-refractivity contribution < 1.29 is 9.53 Å². The van der Waals surface area contributed by atoms with Gasteiger partial charge < -0.3 is 15.8 Å². The van der Waals surface area contributed by atoms with Gasteiger partial charge in [-0.05, 0) is 32.0 Å². The molecular formula is C13H15N3O2S. The number of nitrogens with zero attached hydrogens (tertiary/aromatic N) is 1. The standard InChI is InChI=1S/C13H15N3O2S/c1-3-18-12(17)10-6-9(4-5-11(10)14)16-13-15-8(2)7-19-13/h4-7H,3,14H2,1-2H3,(H,15,16). The van der Waals surface area contributed by atoms with E-state index < -0.39 is 5.97 Å². The lowest BCUT2D eigenvalue weighted by molar-refractivity contribution is 0.0527. The highest BCUT2D eigenvalue weighted by atomic mass is 32.1. The summed E-state index contributed by atoms with van der Waals surface area (Å²) in [6.07, 6.45) is 0. The summed E-state index contributed by atoms with van der Waals surface area (Å²) in [6.45, 7) is 4.00. The molecule has 6 heteroatoms. The van der Waals surface area contributed by atoms with Crippen LogP contribution in [-0.4, -0.2) is 17.6 Å². The smallest absolute Gasteiger partial charge is 0.340 e. The van der Waals surface area contributed by atoms with E-state index in [0.717, 1.165) is 16.5 Å². The number of nitrogens with one attached hydrogen (secondary N) is 1. The second-order valence-corrected chi connectivity index (χ2v) is 4.80. The normalized spacial score (nSPS) is 10.2. The van der Waals surface area contributed by atoms with Gasteiger partial charge in [-0.2, -0.15) is 0 Å². The number of nitrogen functional groups attached to an aromatic ring is 1. The number of carbonyl (C=O) groups is 1. The van der Waals surface area contributed by atoms with Crippen LogP contribution in [0.1, 0.15) is 23.0 Å². The van der Waals surface area contributed by atoms with Gasteiger partial charge in [0.2, 0.25) is 0 Å². The molecule has 0 saturated heterocycles. The first-order chi connectivity index (χ1) is 9.10. The predicted octanol–water partition coefficient (Wildman–Crippen LogP) is 2.95. The molecular weight excluding hydrogens is 262 g/mol. The van der Waals surface area contributed by atoms with Crippen molar-refractivity contribution >= 4 is 33.8 Å². The van der Waals surface area contributed by atoms with Crippen molar-refractivity contribution in [1.29, 1.82) is 0 Å². The average Bonchev–Trinajstić information content (AvgIpc) is 2.77. The Morgan fingerprint density at radius 3 is 2.95 bits per heavy atom. The lowest BCUT2D eigenvalue weighted by Gasteiger charge is -2.08. The number of carbonyl (C=O) groups excluding carboxylic acids is 1. The Morgan fingerprint density at radius 2 is 2.32 bits per heavy atom. The van der Waals surface area contributed by atoms with Crippen molar-refractivity contribution in [3.8, 4) is 0 Å². The molecule has 0 radical (unpaired) electrons. The number of nitrogens with two attached hydrogens (primary N) is 1. The van der Waals surface area contributed by atoms with E-state index in [2.05, 4.69) is 10.3 Å². The maximum absolute atomic E-state index is 11.7. The van der Waals surface area contributed by atoms with Crippen LogP contribution in [0.4, 0.5) is 16.5 Å². The Hall–Kier alpha value is -2.08. The van der Waals surface area contributed by atoms with Crippen LogP contribution in [0, 0.1) is 6.92 Å². The maximum Gasteiger partial charge on any atom is 0.340 e. The van der Waals surface area contributed by atoms with Crippen LogP contribution in [0.15, 0.2) is 23.6 Å². The summed E-state index contributed by atoms with van der Waals surface area (Å²) in [5, 5.41) is 5.86. The van der Waals surface area contributed by atoms with Crippen LogP contribution in [0.2, 0.25) is 0 Å². The molecule has 0 atom stereocenters. The van der Waals surface area contributed by atoms with Crippen LogP contribution >= 0.6 is 11.3 Å². The first kappa shape index (κ1) is 13.4. The van der Waals surface area contributed by atoms with Crippen molar-refractivity contribution in [3.63, 3.8) is 0 Å². The van der Waals surface area contributed by atoms with Crippen LogP contribution in [0.3, 0.4) is 0 Å². The Labute approximate surface area is 115 Å². The quantitative estimate of drug-likeness (QED) is 0.663. The minimum absolute atomic E-state index is 0.321. The van der Waals surface area contributed by atoms with Crippen LogP contribution in [0.5, 0.6) is 0 Å². The highest BCUT2D eigenvalue weighted by molar-refractivity contribution is 7.13. The summed E-state index contributed by atoms with van der Waals surface area (Å²) in [6, 6.07) is 5.15. The van der Waals surface area contributed by atoms with Crippen molar-refractivity contribution in [2.45, 2.75) is 13.8 Å². The van der Waals surface area contributed by atoms with Gasteiger partial charge in [0.1, 0.15) is 0 Å². The van der Waals surface area contributed by atoms with E-state index in [1.54, 1.807) is 25.1 Å². The summed E-state index contributed by atoms with van der Waals surface area (Å²) in [7, 11) is 0. The summed E-state index contributed by atoms with van der Waals surface area (Å²) in [5.74, 6) is -0.418. The highest BCUT2D eigenvalue weighted by Crippen LogP contribution is 2.24. The number of thiazole rings is 1. The molecule has 1 heterocycles. The van der Waals surface area contributed by atoms with Gasteiger partial charge in [-0.25, -0.2) is 9.78 Å². The summed E-state index contributed by atoms with van der Waals surface area (Å²) in [4.78, 5) is 16.0. The number of esters is 1. The Balaban J connectivity index is 2.23. The average molecular weight is 277 g/mol.